The van der Waals surface area contributed by atoms with E-state index in [1.807, 2.05) is 0 Å². The Hall–Kier alpha value is -1.58. The molecule has 1 aromatic carbocycles. The van der Waals surface area contributed by atoms with Gasteiger partial charge in [0.15, 0.2) is 0 Å². The number of aryl methyl sites for hydroxylation is 1. The first-order valence-corrected chi connectivity index (χ1v) is 4.28. The van der Waals surface area contributed by atoms with Crippen molar-refractivity contribution in [2.24, 2.45) is 0 Å². The van der Waals surface area contributed by atoms with Gasteiger partial charge in [-0.3, -0.25) is 0 Å². The second kappa shape index (κ2) is 5.21. The van der Waals surface area contributed by atoms with E-state index in [0.717, 1.165) is 5.56 Å². The number of ether oxygens (including phenoxy) is 1. The standard InChI is InChI=1S/C10H11FO3/c11-9-5-3-8(4-6-9)2-1-7-14-10(12)13/h3-6H,1-2,7H2,(H,12,13). The lowest BCUT2D eigenvalue weighted by molar-refractivity contribution is 0.0907. The average Bonchev–Trinajstić information content (AvgIpc) is 2.15. The molecule has 1 N–H and O–H groups in total. The van der Waals surface area contributed by atoms with Crippen LogP contribution in [0.25, 0.3) is 0 Å². The molecule has 0 saturated carbocycles. The van der Waals surface area contributed by atoms with Crippen LogP contribution < -0.4 is 0 Å². The second-order valence-electron chi connectivity index (χ2n) is 2.84. The Balaban J connectivity index is 2.25. The first kappa shape index (κ1) is 10.5. The van der Waals surface area contributed by atoms with Gasteiger partial charge in [-0.15, -0.1) is 0 Å². The lowest BCUT2D eigenvalue weighted by Crippen LogP contribution is -2.02. The summed E-state index contributed by atoms with van der Waals surface area (Å²) in [5.41, 5.74) is 0.973. The first-order valence-electron chi connectivity index (χ1n) is 4.28. The van der Waals surface area contributed by atoms with Gasteiger partial charge in [-0.25, -0.2) is 9.18 Å². The molecule has 3 nitrogen and oxygen atoms in total. The van der Waals surface area contributed by atoms with Gasteiger partial charge < -0.3 is 9.84 Å². The van der Waals surface area contributed by atoms with Crippen molar-refractivity contribution in [1.82, 2.24) is 0 Å². The highest BCUT2D eigenvalue weighted by molar-refractivity contribution is 5.56. The summed E-state index contributed by atoms with van der Waals surface area (Å²) in [6.07, 6.45) is 0.0370. The fourth-order valence-electron chi connectivity index (χ4n) is 1.09. The molecule has 0 aliphatic rings. The van der Waals surface area contributed by atoms with Crippen molar-refractivity contribution in [3.05, 3.63) is 35.6 Å². The van der Waals surface area contributed by atoms with Crippen LogP contribution in [0.3, 0.4) is 0 Å². The van der Waals surface area contributed by atoms with Crippen molar-refractivity contribution in [3.63, 3.8) is 0 Å². The maximum Gasteiger partial charge on any atom is 0.505 e. The molecule has 0 amide bonds. The average molecular weight is 198 g/mol. The number of hydrogen-bond donors (Lipinski definition) is 1. The predicted octanol–water partition coefficient (Wildman–Crippen LogP) is 2.45. The Kier molecular flexibility index (Phi) is 3.91. The van der Waals surface area contributed by atoms with Gasteiger partial charge in [0.2, 0.25) is 0 Å². The summed E-state index contributed by atoms with van der Waals surface area (Å²) in [4.78, 5) is 9.98. The van der Waals surface area contributed by atoms with Crippen molar-refractivity contribution in [1.29, 1.82) is 0 Å². The van der Waals surface area contributed by atoms with Gasteiger partial charge in [-0.2, -0.15) is 0 Å². The topological polar surface area (TPSA) is 46.5 Å². The van der Waals surface area contributed by atoms with Gasteiger partial charge in [0, 0.05) is 0 Å². The van der Waals surface area contributed by atoms with Crippen LogP contribution in [-0.4, -0.2) is 17.9 Å². The van der Waals surface area contributed by atoms with Gasteiger partial charge >= 0.3 is 6.16 Å². The number of rotatable bonds is 4. The highest BCUT2D eigenvalue weighted by Gasteiger charge is 1.97. The Morgan fingerprint density at radius 2 is 2.00 bits per heavy atom. The summed E-state index contributed by atoms with van der Waals surface area (Å²) in [6.45, 7) is 0.173. The van der Waals surface area contributed by atoms with Crippen LogP contribution >= 0.6 is 0 Å². The fraction of sp³-hybridized carbons (Fsp3) is 0.300. The van der Waals surface area contributed by atoms with Crippen molar-refractivity contribution in [3.8, 4) is 0 Å². The normalized spacial score (nSPS) is 9.79. The molecule has 0 heterocycles. The predicted molar refractivity (Wildman–Crippen MR) is 48.7 cm³/mol. The van der Waals surface area contributed by atoms with Gasteiger partial charge in [0.05, 0.1) is 6.61 Å². The lowest BCUT2D eigenvalue weighted by Gasteiger charge is -2.01. The molecule has 14 heavy (non-hydrogen) atoms. The Morgan fingerprint density at radius 1 is 1.36 bits per heavy atom. The van der Waals surface area contributed by atoms with Crippen molar-refractivity contribution in [2.75, 3.05) is 6.61 Å². The van der Waals surface area contributed by atoms with E-state index in [4.69, 9.17) is 5.11 Å². The van der Waals surface area contributed by atoms with E-state index in [9.17, 15) is 9.18 Å². The van der Waals surface area contributed by atoms with Crippen LogP contribution in [0.15, 0.2) is 24.3 Å². The monoisotopic (exact) mass is 198 g/mol. The third kappa shape index (κ3) is 3.89. The fourth-order valence-corrected chi connectivity index (χ4v) is 1.09. The van der Waals surface area contributed by atoms with Crippen LogP contribution in [0.2, 0.25) is 0 Å². The quantitative estimate of drug-likeness (QED) is 0.597. The molecule has 0 aliphatic heterocycles. The number of benzene rings is 1. The zero-order valence-corrected chi connectivity index (χ0v) is 7.57. The van der Waals surface area contributed by atoms with Crippen molar-refractivity contribution >= 4 is 6.16 Å². The molecule has 0 bridgehead atoms. The Labute approximate surface area is 81.1 Å². The largest absolute Gasteiger partial charge is 0.505 e. The SMILES string of the molecule is O=C(O)OCCCc1ccc(F)cc1. The van der Waals surface area contributed by atoms with Crippen LogP contribution in [0.1, 0.15) is 12.0 Å². The molecule has 0 radical (unpaired) electrons. The maximum atomic E-state index is 12.5. The third-order valence-corrected chi connectivity index (χ3v) is 1.75. The first-order chi connectivity index (χ1) is 6.68. The van der Waals surface area contributed by atoms with Gasteiger partial charge in [0.25, 0.3) is 0 Å². The molecule has 76 valence electrons. The number of halogens is 1. The number of carboxylic acid groups (broad SMARTS) is 1. The molecule has 0 unspecified atom stereocenters. The molecular formula is C10H11FO3. The minimum Gasteiger partial charge on any atom is -0.450 e. The van der Waals surface area contributed by atoms with Crippen molar-refractivity contribution in [2.45, 2.75) is 12.8 Å². The van der Waals surface area contributed by atoms with E-state index < -0.39 is 6.16 Å². The summed E-state index contributed by atoms with van der Waals surface area (Å²) < 4.78 is 16.8. The molecule has 0 aromatic heterocycles. The highest BCUT2D eigenvalue weighted by Crippen LogP contribution is 2.05. The zero-order valence-electron chi connectivity index (χ0n) is 7.57. The van der Waals surface area contributed by atoms with E-state index in [2.05, 4.69) is 4.74 Å². The number of carbonyl (C=O) groups is 1. The van der Waals surface area contributed by atoms with Crippen LogP contribution in [0.5, 0.6) is 0 Å². The van der Waals surface area contributed by atoms with E-state index in [1.165, 1.54) is 12.1 Å². The summed E-state index contributed by atoms with van der Waals surface area (Å²) >= 11 is 0. The molecular weight excluding hydrogens is 187 g/mol. The van der Waals surface area contributed by atoms with E-state index in [1.54, 1.807) is 12.1 Å². The van der Waals surface area contributed by atoms with Crippen LogP contribution in [0, 0.1) is 5.82 Å². The summed E-state index contributed by atoms with van der Waals surface area (Å²) in [5, 5.41) is 8.18. The zero-order chi connectivity index (χ0) is 10.4. The minimum atomic E-state index is -1.26. The molecule has 4 heteroatoms. The van der Waals surface area contributed by atoms with E-state index >= 15 is 0 Å². The van der Waals surface area contributed by atoms with Gasteiger partial charge in [0.1, 0.15) is 5.82 Å². The van der Waals surface area contributed by atoms with E-state index in [0.29, 0.717) is 12.8 Å². The Morgan fingerprint density at radius 3 is 2.57 bits per heavy atom. The molecule has 1 aromatic rings. The third-order valence-electron chi connectivity index (χ3n) is 1.75. The van der Waals surface area contributed by atoms with Gasteiger partial charge in [-0.05, 0) is 30.5 Å². The van der Waals surface area contributed by atoms with Gasteiger partial charge in [-0.1, -0.05) is 12.1 Å². The summed E-state index contributed by atoms with van der Waals surface area (Å²) in [6, 6.07) is 6.12. The minimum absolute atomic E-state index is 0.173. The van der Waals surface area contributed by atoms with Crippen LogP contribution in [0.4, 0.5) is 9.18 Å². The Bertz CT molecular complexity index is 295. The summed E-state index contributed by atoms with van der Waals surface area (Å²) in [5.74, 6) is -0.268. The summed E-state index contributed by atoms with van der Waals surface area (Å²) in [7, 11) is 0. The molecule has 0 atom stereocenters. The van der Waals surface area contributed by atoms with Crippen LogP contribution in [-0.2, 0) is 11.2 Å². The number of hydrogen-bond acceptors (Lipinski definition) is 2. The lowest BCUT2D eigenvalue weighted by atomic mass is 10.1. The molecule has 0 aliphatic carbocycles. The van der Waals surface area contributed by atoms with Crippen molar-refractivity contribution < 1.29 is 19.0 Å². The second-order valence-corrected chi connectivity index (χ2v) is 2.84. The maximum absolute atomic E-state index is 12.5. The molecule has 1 rings (SSSR count). The molecule has 0 saturated heterocycles. The highest BCUT2D eigenvalue weighted by atomic mass is 19.1. The smallest absolute Gasteiger partial charge is 0.450 e. The van der Waals surface area contributed by atoms with E-state index in [-0.39, 0.29) is 12.4 Å². The molecule has 0 spiro atoms. The molecule has 0 fully saturated rings.